The van der Waals surface area contributed by atoms with E-state index in [2.05, 4.69) is 16.4 Å². The Morgan fingerprint density at radius 1 is 1.08 bits per heavy atom. The van der Waals surface area contributed by atoms with Crippen LogP contribution in [-0.2, 0) is 0 Å². The van der Waals surface area contributed by atoms with Crippen molar-refractivity contribution in [3.8, 4) is 23.3 Å². The number of halogens is 1. The molecule has 1 N–H and O–H groups in total. The number of hydrogen-bond donors (Lipinski definition) is 1. The molecule has 1 heterocycles. The zero-order valence-electron chi connectivity index (χ0n) is 14.5. The van der Waals surface area contributed by atoms with E-state index in [1.807, 2.05) is 0 Å². The van der Waals surface area contributed by atoms with E-state index < -0.39 is 5.82 Å². The number of rotatable bonds is 5. The van der Waals surface area contributed by atoms with Gasteiger partial charge in [-0.25, -0.2) is 4.39 Å². The summed E-state index contributed by atoms with van der Waals surface area (Å²) in [5, 5.41) is 13.1. The quantitative estimate of drug-likeness (QED) is 0.747. The molecular weight excluding hydrogens is 337 g/mol. The lowest BCUT2D eigenvalue weighted by molar-refractivity contribution is 0.324. The second-order valence-electron chi connectivity index (χ2n) is 5.33. The van der Waals surface area contributed by atoms with Gasteiger partial charge in [-0.15, -0.1) is 0 Å². The second-order valence-corrected chi connectivity index (χ2v) is 5.33. The summed E-state index contributed by atoms with van der Waals surface area (Å²) in [7, 11) is 4.54. The first-order valence-corrected chi connectivity index (χ1v) is 7.67. The summed E-state index contributed by atoms with van der Waals surface area (Å²) in [5.74, 6) is 0.904. The first-order chi connectivity index (χ1) is 12.6. The predicted octanol–water partition coefficient (Wildman–Crippen LogP) is 4.01. The van der Waals surface area contributed by atoms with Crippen LogP contribution in [0.4, 0.5) is 15.8 Å². The number of para-hydroxylation sites is 1. The molecule has 0 spiro atoms. The van der Waals surface area contributed by atoms with Crippen LogP contribution in [0.5, 0.6) is 17.2 Å². The van der Waals surface area contributed by atoms with Crippen LogP contribution in [-0.4, -0.2) is 26.3 Å². The van der Waals surface area contributed by atoms with Crippen LogP contribution in [0.25, 0.3) is 10.9 Å². The zero-order valence-corrected chi connectivity index (χ0v) is 14.5. The van der Waals surface area contributed by atoms with Crippen molar-refractivity contribution in [2.24, 2.45) is 0 Å². The lowest BCUT2D eigenvalue weighted by Gasteiger charge is -2.16. The molecule has 0 aliphatic rings. The van der Waals surface area contributed by atoms with Crippen LogP contribution in [0.3, 0.4) is 0 Å². The molecule has 0 fully saturated rings. The number of benzene rings is 2. The van der Waals surface area contributed by atoms with Gasteiger partial charge in [0.1, 0.15) is 17.4 Å². The molecule has 0 bridgehead atoms. The van der Waals surface area contributed by atoms with Gasteiger partial charge in [-0.2, -0.15) is 5.26 Å². The third kappa shape index (κ3) is 2.93. The van der Waals surface area contributed by atoms with E-state index in [0.717, 1.165) is 0 Å². The molecule has 26 heavy (non-hydrogen) atoms. The van der Waals surface area contributed by atoms with E-state index in [9.17, 15) is 9.65 Å². The molecule has 0 unspecified atom stereocenters. The molecule has 6 nitrogen and oxygen atoms in total. The number of pyridine rings is 1. The zero-order chi connectivity index (χ0) is 18.7. The lowest BCUT2D eigenvalue weighted by atomic mass is 10.1. The van der Waals surface area contributed by atoms with Crippen molar-refractivity contribution >= 4 is 22.3 Å². The van der Waals surface area contributed by atoms with Crippen LogP contribution < -0.4 is 19.5 Å². The maximum Gasteiger partial charge on any atom is 0.203 e. The maximum absolute atomic E-state index is 14.0. The Morgan fingerprint density at radius 2 is 1.77 bits per heavy atom. The summed E-state index contributed by atoms with van der Waals surface area (Å²) < 4.78 is 30.0. The van der Waals surface area contributed by atoms with Crippen molar-refractivity contribution in [2.45, 2.75) is 0 Å². The normalized spacial score (nSPS) is 10.3. The number of methoxy groups -OCH3 is 3. The minimum atomic E-state index is -0.458. The van der Waals surface area contributed by atoms with Gasteiger partial charge in [0.05, 0.1) is 32.6 Å². The van der Waals surface area contributed by atoms with E-state index in [1.165, 1.54) is 33.6 Å². The highest BCUT2D eigenvalue weighted by Gasteiger charge is 2.16. The molecular formula is C19H16FN3O3. The van der Waals surface area contributed by atoms with Gasteiger partial charge in [-0.3, -0.25) is 4.98 Å². The second kappa shape index (κ2) is 7.15. The van der Waals surface area contributed by atoms with E-state index >= 15 is 0 Å². The van der Waals surface area contributed by atoms with Gasteiger partial charge in [0.25, 0.3) is 0 Å². The van der Waals surface area contributed by atoms with Crippen LogP contribution in [0.15, 0.2) is 36.5 Å². The largest absolute Gasteiger partial charge is 0.493 e. The fourth-order valence-electron chi connectivity index (χ4n) is 2.70. The average Bonchev–Trinajstić information content (AvgIpc) is 2.67. The molecule has 0 atom stereocenters. The van der Waals surface area contributed by atoms with Gasteiger partial charge < -0.3 is 19.5 Å². The Kier molecular flexibility index (Phi) is 4.76. The van der Waals surface area contributed by atoms with Crippen molar-refractivity contribution < 1.29 is 18.6 Å². The standard InChI is InChI=1S/C19H16FN3O3/c1-24-15-7-12(8-16(25-2)19(15)26-3)23-17-11(9-21)10-22-18-13(17)5-4-6-14(18)20/h4-8,10H,1-3H3,(H,22,23). The fraction of sp³-hybridized carbons (Fsp3) is 0.158. The van der Waals surface area contributed by atoms with Crippen molar-refractivity contribution in [1.29, 1.82) is 5.26 Å². The molecule has 2 aromatic carbocycles. The van der Waals surface area contributed by atoms with Crippen molar-refractivity contribution in [3.05, 3.63) is 47.9 Å². The number of nitrogens with one attached hydrogen (secondary N) is 1. The number of ether oxygens (including phenoxy) is 3. The van der Waals surface area contributed by atoms with E-state index in [1.54, 1.807) is 24.3 Å². The molecule has 1 aromatic heterocycles. The third-order valence-electron chi connectivity index (χ3n) is 3.90. The molecule has 0 saturated heterocycles. The fourth-order valence-corrected chi connectivity index (χ4v) is 2.70. The monoisotopic (exact) mass is 353 g/mol. The van der Waals surface area contributed by atoms with Crippen molar-refractivity contribution in [1.82, 2.24) is 4.98 Å². The summed E-state index contributed by atoms with van der Waals surface area (Å²) in [4.78, 5) is 4.04. The lowest BCUT2D eigenvalue weighted by Crippen LogP contribution is -2.00. The van der Waals surface area contributed by atoms with Crippen LogP contribution in [0, 0.1) is 17.1 Å². The van der Waals surface area contributed by atoms with E-state index in [4.69, 9.17) is 14.2 Å². The van der Waals surface area contributed by atoms with Gasteiger partial charge in [-0.05, 0) is 6.07 Å². The van der Waals surface area contributed by atoms with Gasteiger partial charge in [0, 0.05) is 29.4 Å². The number of fused-ring (bicyclic) bond motifs is 1. The Hall–Kier alpha value is -3.53. The number of nitrogens with zero attached hydrogens (tertiary/aromatic N) is 2. The molecule has 132 valence electrons. The van der Waals surface area contributed by atoms with Crippen LogP contribution in [0.2, 0.25) is 0 Å². The highest BCUT2D eigenvalue weighted by atomic mass is 19.1. The number of anilines is 2. The van der Waals surface area contributed by atoms with Gasteiger partial charge in [0.15, 0.2) is 11.5 Å². The highest BCUT2D eigenvalue weighted by molar-refractivity contribution is 5.96. The summed E-state index contributed by atoms with van der Waals surface area (Å²) in [6.45, 7) is 0. The first kappa shape index (κ1) is 17.3. The molecule has 0 saturated carbocycles. The van der Waals surface area contributed by atoms with Crippen LogP contribution >= 0.6 is 0 Å². The Labute approximate surface area is 149 Å². The topological polar surface area (TPSA) is 76.4 Å². The maximum atomic E-state index is 14.0. The Bertz CT molecular complexity index is 990. The third-order valence-corrected chi connectivity index (χ3v) is 3.90. The summed E-state index contributed by atoms with van der Waals surface area (Å²) >= 11 is 0. The van der Waals surface area contributed by atoms with Gasteiger partial charge >= 0.3 is 0 Å². The number of hydrogen-bond acceptors (Lipinski definition) is 6. The van der Waals surface area contributed by atoms with E-state index in [-0.39, 0.29) is 11.1 Å². The average molecular weight is 353 g/mol. The van der Waals surface area contributed by atoms with Crippen molar-refractivity contribution in [2.75, 3.05) is 26.6 Å². The summed E-state index contributed by atoms with van der Waals surface area (Å²) in [5.41, 5.74) is 1.51. The van der Waals surface area contributed by atoms with Gasteiger partial charge in [0.2, 0.25) is 5.75 Å². The molecule has 0 aliphatic heterocycles. The highest BCUT2D eigenvalue weighted by Crippen LogP contribution is 2.41. The van der Waals surface area contributed by atoms with Crippen LogP contribution in [0.1, 0.15) is 5.56 Å². The summed E-state index contributed by atoms with van der Waals surface area (Å²) in [6.07, 6.45) is 1.34. The molecule has 3 aromatic rings. The predicted molar refractivity (Wildman–Crippen MR) is 95.8 cm³/mol. The SMILES string of the molecule is COc1cc(Nc2c(C#N)cnc3c(F)cccc23)cc(OC)c1OC. The number of aromatic nitrogens is 1. The van der Waals surface area contributed by atoms with E-state index in [0.29, 0.717) is 34.0 Å². The number of nitriles is 1. The molecule has 0 aliphatic carbocycles. The van der Waals surface area contributed by atoms with Gasteiger partial charge in [-0.1, -0.05) is 12.1 Å². The Balaban J connectivity index is 2.18. The molecule has 0 amide bonds. The smallest absolute Gasteiger partial charge is 0.203 e. The first-order valence-electron chi connectivity index (χ1n) is 7.67. The molecule has 7 heteroatoms. The minimum Gasteiger partial charge on any atom is -0.493 e. The minimum absolute atomic E-state index is 0.182. The van der Waals surface area contributed by atoms with Crippen molar-refractivity contribution in [3.63, 3.8) is 0 Å². The molecule has 0 radical (unpaired) electrons. The molecule has 3 rings (SSSR count). The Morgan fingerprint density at radius 3 is 2.35 bits per heavy atom. The summed E-state index contributed by atoms with van der Waals surface area (Å²) in [6, 6.07) is 10.1.